The maximum atomic E-state index is 13.1. The van der Waals surface area contributed by atoms with Gasteiger partial charge in [0.1, 0.15) is 18.0 Å². The highest BCUT2D eigenvalue weighted by molar-refractivity contribution is 6.31. The quantitative estimate of drug-likeness (QED) is 0.548. The summed E-state index contributed by atoms with van der Waals surface area (Å²) in [6.07, 6.45) is 4.74. The molecule has 2 unspecified atom stereocenters. The molecule has 0 N–H and O–H groups in total. The molecule has 0 radical (unpaired) electrons. The molecule has 2 heterocycles. The zero-order chi connectivity index (χ0) is 24.2. The molecule has 2 aromatic rings. The van der Waals surface area contributed by atoms with Gasteiger partial charge in [-0.3, -0.25) is 14.7 Å². The van der Waals surface area contributed by atoms with Crippen LogP contribution >= 0.6 is 11.6 Å². The molecule has 1 aromatic heterocycles. The minimum atomic E-state index is -0.630. The van der Waals surface area contributed by atoms with Gasteiger partial charge < -0.3 is 14.4 Å². The Morgan fingerprint density at radius 1 is 1.12 bits per heavy atom. The minimum Gasteiger partial charge on any atom is -0.492 e. The van der Waals surface area contributed by atoms with Crippen molar-refractivity contribution in [2.45, 2.75) is 65.1 Å². The molecule has 2 atom stereocenters. The fraction of sp³-hybridized carbons (Fsp3) is 0.480. The third-order valence-electron chi connectivity index (χ3n) is 5.48. The van der Waals surface area contributed by atoms with Gasteiger partial charge in [0.05, 0.1) is 12.2 Å². The minimum absolute atomic E-state index is 0.0491. The molecule has 0 spiro atoms. The standard InChI is InChI=1S/C25H32ClN3O4/c1-17-6-7-18(2)29(17)23(30)19-14-20(26)16-22(15-19)32-13-12-28(21-8-10-27-11-9-21)24(31)33-25(3,4)5/h8-11,14-18H,6-7,12-13H2,1-5H3. The van der Waals surface area contributed by atoms with Crippen molar-refractivity contribution in [1.82, 2.24) is 9.88 Å². The Kier molecular flexibility index (Phi) is 7.84. The molecule has 7 nitrogen and oxygen atoms in total. The van der Waals surface area contributed by atoms with E-state index in [2.05, 4.69) is 18.8 Å². The molecule has 2 amide bonds. The van der Waals surface area contributed by atoms with Crippen LogP contribution in [0.5, 0.6) is 5.75 Å². The summed E-state index contributed by atoms with van der Waals surface area (Å²) in [5, 5.41) is 0.425. The number of anilines is 1. The highest BCUT2D eigenvalue weighted by atomic mass is 35.5. The Hall–Kier alpha value is -2.80. The van der Waals surface area contributed by atoms with Gasteiger partial charge in [-0.25, -0.2) is 4.79 Å². The van der Waals surface area contributed by atoms with Gasteiger partial charge in [-0.05, 0) is 77.8 Å². The van der Waals surface area contributed by atoms with Crippen LogP contribution in [0, 0.1) is 0 Å². The first kappa shape index (κ1) is 24.8. The van der Waals surface area contributed by atoms with Gasteiger partial charge in [-0.15, -0.1) is 0 Å². The number of aromatic nitrogens is 1. The van der Waals surface area contributed by atoms with Crippen molar-refractivity contribution >= 4 is 29.3 Å². The number of likely N-dealkylation sites (tertiary alicyclic amines) is 1. The zero-order valence-corrected chi connectivity index (χ0v) is 20.6. The normalized spacial score (nSPS) is 18.2. The van der Waals surface area contributed by atoms with E-state index in [1.165, 1.54) is 4.90 Å². The Balaban J connectivity index is 1.71. The van der Waals surface area contributed by atoms with Crippen molar-refractivity contribution in [3.8, 4) is 5.75 Å². The largest absolute Gasteiger partial charge is 0.492 e. The van der Waals surface area contributed by atoms with Gasteiger partial charge >= 0.3 is 6.09 Å². The molecule has 1 aliphatic rings. The fourth-order valence-corrected chi connectivity index (χ4v) is 4.16. The van der Waals surface area contributed by atoms with Gasteiger partial charge in [0, 0.05) is 35.1 Å². The van der Waals surface area contributed by atoms with Crippen LogP contribution in [0.2, 0.25) is 5.02 Å². The number of carbonyl (C=O) groups is 2. The third kappa shape index (κ3) is 6.60. The molecule has 33 heavy (non-hydrogen) atoms. The lowest BCUT2D eigenvalue weighted by atomic mass is 10.1. The summed E-state index contributed by atoms with van der Waals surface area (Å²) >= 11 is 6.29. The van der Waals surface area contributed by atoms with Gasteiger partial charge in [-0.1, -0.05) is 11.6 Å². The smallest absolute Gasteiger partial charge is 0.414 e. The first-order valence-corrected chi connectivity index (χ1v) is 11.6. The average molecular weight is 474 g/mol. The van der Waals surface area contributed by atoms with Crippen LogP contribution in [0.15, 0.2) is 42.7 Å². The molecule has 1 saturated heterocycles. The topological polar surface area (TPSA) is 72.0 Å². The number of hydrogen-bond acceptors (Lipinski definition) is 5. The van der Waals surface area contributed by atoms with E-state index in [0.717, 1.165) is 12.8 Å². The SMILES string of the molecule is CC1CCC(C)N1C(=O)c1cc(Cl)cc(OCCN(C(=O)OC(C)(C)C)c2ccncc2)c1. The van der Waals surface area contributed by atoms with Crippen molar-refractivity contribution in [2.24, 2.45) is 0 Å². The first-order chi connectivity index (χ1) is 15.5. The molecular weight excluding hydrogens is 442 g/mol. The number of halogens is 1. The van der Waals surface area contributed by atoms with Crippen LogP contribution in [0.4, 0.5) is 10.5 Å². The van der Waals surface area contributed by atoms with Crippen LogP contribution < -0.4 is 9.64 Å². The van der Waals surface area contributed by atoms with Crippen LogP contribution in [-0.2, 0) is 4.74 Å². The number of benzene rings is 1. The van der Waals surface area contributed by atoms with Crippen LogP contribution in [-0.4, -0.2) is 52.7 Å². The van der Waals surface area contributed by atoms with E-state index in [9.17, 15) is 9.59 Å². The van der Waals surface area contributed by atoms with E-state index in [0.29, 0.717) is 22.0 Å². The molecule has 178 valence electrons. The summed E-state index contributed by atoms with van der Waals surface area (Å²) in [6.45, 7) is 10.0. The monoisotopic (exact) mass is 473 g/mol. The number of rotatable bonds is 6. The van der Waals surface area contributed by atoms with E-state index < -0.39 is 11.7 Å². The molecule has 1 aliphatic heterocycles. The second-order valence-electron chi connectivity index (χ2n) is 9.35. The Morgan fingerprint density at radius 2 is 1.76 bits per heavy atom. The van der Waals surface area contributed by atoms with E-state index in [1.54, 1.807) is 42.7 Å². The zero-order valence-electron chi connectivity index (χ0n) is 19.9. The second kappa shape index (κ2) is 10.4. The number of hydrogen-bond donors (Lipinski definition) is 0. The third-order valence-corrected chi connectivity index (χ3v) is 5.69. The maximum Gasteiger partial charge on any atom is 0.414 e. The summed E-state index contributed by atoms with van der Waals surface area (Å²) in [5.41, 5.74) is 0.521. The van der Waals surface area contributed by atoms with Gasteiger partial charge in [0.2, 0.25) is 0 Å². The van der Waals surface area contributed by atoms with E-state index in [4.69, 9.17) is 21.1 Å². The maximum absolute atomic E-state index is 13.1. The van der Waals surface area contributed by atoms with Gasteiger partial charge in [0.15, 0.2) is 0 Å². The van der Waals surface area contributed by atoms with Crippen LogP contribution in [0.25, 0.3) is 0 Å². The number of pyridine rings is 1. The molecular formula is C25H32ClN3O4. The highest BCUT2D eigenvalue weighted by Gasteiger charge is 2.32. The van der Waals surface area contributed by atoms with Crippen molar-refractivity contribution in [3.05, 3.63) is 53.3 Å². The molecule has 0 aliphatic carbocycles. The second-order valence-corrected chi connectivity index (χ2v) is 9.79. The lowest BCUT2D eigenvalue weighted by Crippen LogP contribution is -2.39. The van der Waals surface area contributed by atoms with E-state index in [1.807, 2.05) is 25.7 Å². The summed E-state index contributed by atoms with van der Waals surface area (Å²) in [7, 11) is 0. The lowest BCUT2D eigenvalue weighted by molar-refractivity contribution is 0.0574. The van der Waals surface area contributed by atoms with E-state index in [-0.39, 0.29) is 31.1 Å². The predicted molar refractivity (Wildman–Crippen MR) is 129 cm³/mol. The Bertz CT molecular complexity index is 967. The summed E-state index contributed by atoms with van der Waals surface area (Å²) in [5.74, 6) is 0.427. The molecule has 0 bridgehead atoms. The van der Waals surface area contributed by atoms with Crippen molar-refractivity contribution in [2.75, 3.05) is 18.1 Å². The van der Waals surface area contributed by atoms with Gasteiger partial charge in [0.25, 0.3) is 5.91 Å². The molecule has 3 rings (SSSR count). The molecule has 8 heteroatoms. The molecule has 1 aromatic carbocycles. The number of ether oxygens (including phenoxy) is 2. The summed E-state index contributed by atoms with van der Waals surface area (Å²) < 4.78 is 11.4. The summed E-state index contributed by atoms with van der Waals surface area (Å²) in [6, 6.07) is 8.89. The van der Waals surface area contributed by atoms with Crippen molar-refractivity contribution in [3.63, 3.8) is 0 Å². The molecule has 0 saturated carbocycles. The Morgan fingerprint density at radius 3 is 2.36 bits per heavy atom. The van der Waals surface area contributed by atoms with Gasteiger partial charge in [-0.2, -0.15) is 0 Å². The number of carbonyl (C=O) groups excluding carboxylic acids is 2. The van der Waals surface area contributed by atoms with Crippen molar-refractivity contribution in [1.29, 1.82) is 0 Å². The highest BCUT2D eigenvalue weighted by Crippen LogP contribution is 2.28. The molecule has 1 fully saturated rings. The number of nitrogens with zero attached hydrogens (tertiary/aromatic N) is 3. The van der Waals surface area contributed by atoms with E-state index >= 15 is 0 Å². The Labute approximate surface area is 200 Å². The van der Waals surface area contributed by atoms with Crippen molar-refractivity contribution < 1.29 is 19.1 Å². The lowest BCUT2D eigenvalue weighted by Gasteiger charge is -2.27. The number of amides is 2. The summed E-state index contributed by atoms with van der Waals surface area (Å²) in [4.78, 5) is 33.3. The average Bonchev–Trinajstić information content (AvgIpc) is 3.07. The van der Waals surface area contributed by atoms with Crippen LogP contribution in [0.3, 0.4) is 0 Å². The fourth-order valence-electron chi connectivity index (χ4n) is 3.94. The first-order valence-electron chi connectivity index (χ1n) is 11.2. The van der Waals surface area contributed by atoms with Crippen LogP contribution in [0.1, 0.15) is 57.8 Å². The predicted octanol–water partition coefficient (Wildman–Crippen LogP) is 5.57.